The first-order valence-electron chi connectivity index (χ1n) is 11.7. The molecule has 35 heavy (non-hydrogen) atoms. The number of esters is 2. The van der Waals surface area contributed by atoms with E-state index >= 15 is 0 Å². The number of hydrogen-bond acceptors (Lipinski definition) is 8. The quantitative estimate of drug-likeness (QED) is 0.325. The van der Waals surface area contributed by atoms with Crippen LogP contribution >= 0.6 is 11.3 Å². The van der Waals surface area contributed by atoms with E-state index < -0.39 is 17.9 Å². The molecule has 7 nitrogen and oxygen atoms in total. The number of rotatable bonds is 8. The lowest BCUT2D eigenvalue weighted by Crippen LogP contribution is -2.36. The average molecular weight is 496 g/mol. The Morgan fingerprint density at radius 3 is 2.54 bits per heavy atom. The highest BCUT2D eigenvalue weighted by atomic mass is 32.1. The smallest absolute Gasteiger partial charge is 0.336 e. The van der Waals surface area contributed by atoms with Gasteiger partial charge in [0.05, 0.1) is 12.2 Å². The van der Waals surface area contributed by atoms with Crippen molar-refractivity contribution in [1.82, 2.24) is 5.32 Å². The molecule has 1 aliphatic carbocycles. The van der Waals surface area contributed by atoms with Crippen molar-refractivity contribution in [2.24, 2.45) is 0 Å². The Morgan fingerprint density at radius 1 is 1.11 bits per heavy atom. The zero-order valence-corrected chi connectivity index (χ0v) is 20.9. The molecule has 4 rings (SSSR count). The molecule has 2 aliphatic rings. The monoisotopic (exact) mass is 495 g/mol. The number of carbonyl (C=O) groups excluding carboxylic acids is 3. The molecule has 2 aromatic rings. The molecule has 0 unspecified atom stereocenters. The number of ether oxygens (including phenoxy) is 3. The summed E-state index contributed by atoms with van der Waals surface area (Å²) in [6.45, 7) is 6.02. The summed E-state index contributed by atoms with van der Waals surface area (Å²) in [7, 11) is 0. The minimum absolute atomic E-state index is 0.0123. The van der Waals surface area contributed by atoms with E-state index in [-0.39, 0.29) is 18.3 Å². The van der Waals surface area contributed by atoms with Crippen molar-refractivity contribution in [1.29, 1.82) is 0 Å². The third-order valence-corrected chi connectivity index (χ3v) is 7.17. The topological polar surface area (TPSA) is 90.9 Å². The number of carbonyl (C=O) groups is 3. The largest absolute Gasteiger partial charge is 0.460 e. The predicted molar refractivity (Wildman–Crippen MR) is 132 cm³/mol. The van der Waals surface area contributed by atoms with Crippen LogP contribution < -0.4 is 10.1 Å². The van der Waals surface area contributed by atoms with E-state index in [0.717, 1.165) is 11.3 Å². The second kappa shape index (κ2) is 11.0. The first kappa shape index (κ1) is 24.9. The molecule has 0 fully saturated rings. The Kier molecular flexibility index (Phi) is 7.83. The van der Waals surface area contributed by atoms with Gasteiger partial charge in [0.2, 0.25) is 0 Å². The van der Waals surface area contributed by atoms with Crippen LogP contribution in [-0.4, -0.2) is 37.5 Å². The van der Waals surface area contributed by atoms with Crippen LogP contribution in [-0.2, 0) is 23.9 Å². The van der Waals surface area contributed by atoms with Crippen molar-refractivity contribution in [2.75, 3.05) is 19.8 Å². The highest BCUT2D eigenvalue weighted by molar-refractivity contribution is 7.10. The summed E-state index contributed by atoms with van der Waals surface area (Å²) in [5, 5.41) is 5.37. The van der Waals surface area contributed by atoms with Crippen molar-refractivity contribution in [3.05, 3.63) is 74.8 Å². The molecular formula is C27H29NO6S. The van der Waals surface area contributed by atoms with Crippen LogP contribution in [0.3, 0.4) is 0 Å². The van der Waals surface area contributed by atoms with E-state index in [1.807, 2.05) is 25.3 Å². The van der Waals surface area contributed by atoms with E-state index in [4.69, 9.17) is 14.2 Å². The molecule has 2 atom stereocenters. The SMILES string of the molecule is CCOCCOC(=O)C1=C(C)NC2=C(C(=O)C[C@H](c3cccs3)C2)[C@H]1c1ccc(OC(C)=O)cc1. The van der Waals surface area contributed by atoms with Gasteiger partial charge < -0.3 is 19.5 Å². The molecule has 0 amide bonds. The van der Waals surface area contributed by atoms with Gasteiger partial charge in [0.1, 0.15) is 12.4 Å². The number of dihydropyridines is 1. The lowest BCUT2D eigenvalue weighted by molar-refractivity contribution is -0.141. The first-order valence-corrected chi connectivity index (χ1v) is 12.6. The Hall–Kier alpha value is -3.23. The second-order valence-corrected chi connectivity index (χ2v) is 9.51. The minimum atomic E-state index is -0.575. The molecule has 0 saturated heterocycles. The summed E-state index contributed by atoms with van der Waals surface area (Å²) < 4.78 is 16.0. The van der Waals surface area contributed by atoms with Gasteiger partial charge in [-0.05, 0) is 49.4 Å². The van der Waals surface area contributed by atoms with Gasteiger partial charge in [-0.1, -0.05) is 18.2 Å². The van der Waals surface area contributed by atoms with Gasteiger partial charge >= 0.3 is 11.9 Å². The highest BCUT2D eigenvalue weighted by Gasteiger charge is 2.41. The zero-order chi connectivity index (χ0) is 24.9. The summed E-state index contributed by atoms with van der Waals surface area (Å²) in [6.07, 6.45) is 1.07. The highest BCUT2D eigenvalue weighted by Crippen LogP contribution is 2.46. The lowest BCUT2D eigenvalue weighted by Gasteiger charge is -2.36. The molecule has 1 N–H and O–H groups in total. The van der Waals surface area contributed by atoms with E-state index in [2.05, 4.69) is 11.4 Å². The fourth-order valence-electron chi connectivity index (χ4n) is 4.68. The van der Waals surface area contributed by atoms with Crippen LogP contribution in [0.5, 0.6) is 5.75 Å². The van der Waals surface area contributed by atoms with E-state index in [9.17, 15) is 14.4 Å². The number of allylic oxidation sites excluding steroid dienone is 3. The van der Waals surface area contributed by atoms with Crippen molar-refractivity contribution >= 4 is 29.1 Å². The number of Topliss-reactive ketones (excluding diaryl/α,β-unsaturated/α-hetero) is 1. The summed E-state index contributed by atoms with van der Waals surface area (Å²) in [5.41, 5.74) is 3.27. The maximum atomic E-state index is 13.5. The summed E-state index contributed by atoms with van der Waals surface area (Å²) >= 11 is 1.65. The van der Waals surface area contributed by atoms with Gasteiger partial charge in [0.25, 0.3) is 0 Å². The normalized spacial score (nSPS) is 19.8. The zero-order valence-electron chi connectivity index (χ0n) is 20.1. The van der Waals surface area contributed by atoms with Crippen molar-refractivity contribution in [2.45, 2.75) is 45.4 Å². The Morgan fingerprint density at radius 2 is 1.89 bits per heavy atom. The van der Waals surface area contributed by atoms with Crippen LogP contribution in [0.25, 0.3) is 0 Å². The van der Waals surface area contributed by atoms with Crippen LogP contribution in [0.15, 0.2) is 64.3 Å². The Bertz CT molecular complexity index is 1160. The number of benzene rings is 1. The molecule has 0 radical (unpaired) electrons. The molecule has 0 bridgehead atoms. The summed E-state index contributed by atoms with van der Waals surface area (Å²) in [5.74, 6) is -0.955. The summed E-state index contributed by atoms with van der Waals surface area (Å²) in [6, 6.07) is 11.0. The Labute approximate surface area is 208 Å². The van der Waals surface area contributed by atoms with E-state index in [0.29, 0.717) is 48.6 Å². The molecule has 0 saturated carbocycles. The number of thiophene rings is 1. The molecule has 8 heteroatoms. The van der Waals surface area contributed by atoms with Gasteiger partial charge in [-0.25, -0.2) is 4.79 Å². The second-order valence-electron chi connectivity index (χ2n) is 8.53. The van der Waals surface area contributed by atoms with Crippen LogP contribution in [0.1, 0.15) is 55.9 Å². The number of nitrogens with one attached hydrogen (secondary N) is 1. The fourth-order valence-corrected chi connectivity index (χ4v) is 5.51. The van der Waals surface area contributed by atoms with Crippen LogP contribution in [0.4, 0.5) is 0 Å². The Balaban J connectivity index is 1.70. The average Bonchev–Trinajstić information content (AvgIpc) is 3.36. The van der Waals surface area contributed by atoms with Crippen molar-refractivity contribution in [3.8, 4) is 5.75 Å². The fraction of sp³-hybridized carbons (Fsp3) is 0.370. The molecule has 1 aromatic heterocycles. The number of ketones is 1. The third kappa shape index (κ3) is 5.55. The molecule has 1 aliphatic heterocycles. The van der Waals surface area contributed by atoms with E-state index in [1.165, 1.54) is 11.8 Å². The maximum Gasteiger partial charge on any atom is 0.336 e. The van der Waals surface area contributed by atoms with Gasteiger partial charge in [-0.3, -0.25) is 9.59 Å². The molecule has 2 heterocycles. The standard InChI is InChI=1S/C27H29NO6S/c1-4-32-11-12-33-27(31)24-16(2)28-21-14-19(23-6-5-13-35-23)15-22(30)26(21)25(24)18-7-9-20(10-8-18)34-17(3)29/h5-10,13,19,25,28H,4,11-12,14-15H2,1-3H3/t19-,25+/m1/s1. The maximum absolute atomic E-state index is 13.5. The molecule has 0 spiro atoms. The van der Waals surface area contributed by atoms with Crippen LogP contribution in [0.2, 0.25) is 0 Å². The minimum Gasteiger partial charge on any atom is -0.460 e. The summed E-state index contributed by atoms with van der Waals surface area (Å²) in [4.78, 5) is 39.3. The molecular weight excluding hydrogens is 466 g/mol. The van der Waals surface area contributed by atoms with Crippen molar-refractivity contribution < 1.29 is 28.6 Å². The number of hydrogen-bond donors (Lipinski definition) is 1. The van der Waals surface area contributed by atoms with Gasteiger partial charge in [-0.15, -0.1) is 11.3 Å². The van der Waals surface area contributed by atoms with Crippen molar-refractivity contribution in [3.63, 3.8) is 0 Å². The van der Waals surface area contributed by atoms with Gasteiger partial charge in [0, 0.05) is 53.6 Å². The van der Waals surface area contributed by atoms with Crippen LogP contribution in [0, 0.1) is 0 Å². The first-order chi connectivity index (χ1) is 16.9. The lowest BCUT2D eigenvalue weighted by atomic mass is 9.72. The van der Waals surface area contributed by atoms with Gasteiger partial charge in [0.15, 0.2) is 5.78 Å². The van der Waals surface area contributed by atoms with Gasteiger partial charge in [-0.2, -0.15) is 0 Å². The third-order valence-electron chi connectivity index (χ3n) is 6.13. The predicted octanol–water partition coefficient (Wildman–Crippen LogP) is 4.61. The van der Waals surface area contributed by atoms with E-state index in [1.54, 1.807) is 35.6 Å². The molecule has 1 aromatic carbocycles. The molecule has 184 valence electrons.